The van der Waals surface area contributed by atoms with Crippen molar-refractivity contribution in [2.75, 3.05) is 19.8 Å². The van der Waals surface area contributed by atoms with Crippen LogP contribution in [-0.4, -0.2) is 50.5 Å². The molecule has 23 heavy (non-hydrogen) atoms. The van der Waals surface area contributed by atoms with Gasteiger partial charge in [0.05, 0.1) is 30.6 Å². The lowest BCUT2D eigenvalue weighted by Gasteiger charge is -2.35. The highest BCUT2D eigenvalue weighted by atomic mass is 16.5. The summed E-state index contributed by atoms with van der Waals surface area (Å²) in [5.41, 5.74) is 3.08. The van der Waals surface area contributed by atoms with Crippen molar-refractivity contribution in [1.82, 2.24) is 24.9 Å². The van der Waals surface area contributed by atoms with Crippen molar-refractivity contribution >= 4 is 5.91 Å². The van der Waals surface area contributed by atoms with Crippen molar-refractivity contribution in [3.63, 3.8) is 0 Å². The zero-order chi connectivity index (χ0) is 16.2. The lowest BCUT2D eigenvalue weighted by molar-refractivity contribution is -0.140. The summed E-state index contributed by atoms with van der Waals surface area (Å²) in [4.78, 5) is 14.5. The summed E-state index contributed by atoms with van der Waals surface area (Å²) in [7, 11) is 0. The summed E-state index contributed by atoms with van der Waals surface area (Å²) < 4.78 is 7.49. The third kappa shape index (κ3) is 3.61. The summed E-state index contributed by atoms with van der Waals surface area (Å²) >= 11 is 0. The van der Waals surface area contributed by atoms with Crippen molar-refractivity contribution in [2.24, 2.45) is 0 Å². The number of carbonyl (C=O) groups is 1. The quantitative estimate of drug-likeness (QED) is 0.909. The molecule has 1 saturated heterocycles. The highest BCUT2D eigenvalue weighted by molar-refractivity contribution is 5.76. The van der Waals surface area contributed by atoms with E-state index in [4.69, 9.17) is 4.74 Å². The Hall–Kier alpha value is -2.15. The fraction of sp³-hybridized carbons (Fsp3) is 0.562. The highest BCUT2D eigenvalue weighted by Gasteiger charge is 2.29. The monoisotopic (exact) mass is 317 g/mol. The smallest absolute Gasteiger partial charge is 0.223 e. The van der Waals surface area contributed by atoms with Crippen molar-refractivity contribution in [3.05, 3.63) is 35.4 Å². The number of nitrogens with zero attached hydrogens (tertiary/aromatic N) is 4. The van der Waals surface area contributed by atoms with Crippen molar-refractivity contribution in [3.8, 4) is 0 Å². The summed E-state index contributed by atoms with van der Waals surface area (Å²) in [6, 6.07) is 3.89. The molecule has 2 aromatic rings. The van der Waals surface area contributed by atoms with Crippen LogP contribution in [0, 0.1) is 13.8 Å². The summed E-state index contributed by atoms with van der Waals surface area (Å²) in [6.07, 6.45) is 3.01. The van der Waals surface area contributed by atoms with Gasteiger partial charge < -0.3 is 9.64 Å². The largest absolute Gasteiger partial charge is 0.377 e. The zero-order valence-corrected chi connectivity index (χ0v) is 13.7. The molecule has 2 aromatic heterocycles. The van der Waals surface area contributed by atoms with Gasteiger partial charge in [-0.2, -0.15) is 10.2 Å². The minimum absolute atomic E-state index is 0.0626. The first kappa shape index (κ1) is 15.7. The van der Waals surface area contributed by atoms with Gasteiger partial charge in [-0.1, -0.05) is 0 Å². The van der Waals surface area contributed by atoms with Crippen LogP contribution in [0.2, 0.25) is 0 Å². The first-order chi connectivity index (χ1) is 11.1. The van der Waals surface area contributed by atoms with Crippen LogP contribution >= 0.6 is 0 Å². The van der Waals surface area contributed by atoms with Gasteiger partial charge >= 0.3 is 0 Å². The van der Waals surface area contributed by atoms with E-state index < -0.39 is 0 Å². The van der Waals surface area contributed by atoms with Crippen LogP contribution in [0.15, 0.2) is 18.3 Å². The number of amides is 1. The molecular formula is C16H23N5O2. The average molecular weight is 317 g/mol. The Morgan fingerprint density at radius 1 is 1.48 bits per heavy atom. The van der Waals surface area contributed by atoms with Gasteiger partial charge in [-0.15, -0.1) is 0 Å². The molecule has 3 rings (SSSR count). The van der Waals surface area contributed by atoms with Crippen LogP contribution < -0.4 is 0 Å². The van der Waals surface area contributed by atoms with E-state index in [1.54, 1.807) is 6.20 Å². The minimum Gasteiger partial charge on any atom is -0.377 e. The number of morpholine rings is 1. The molecule has 1 N–H and O–H groups in total. The number of H-pyrrole nitrogens is 1. The normalized spacial score (nSPS) is 18.3. The molecule has 1 fully saturated rings. The number of hydrogen-bond donors (Lipinski definition) is 1. The lowest BCUT2D eigenvalue weighted by atomic mass is 10.1. The maximum absolute atomic E-state index is 12.6. The first-order valence-electron chi connectivity index (χ1n) is 8.02. The SMILES string of the molecule is Cc1cc(C)n(CCCC(=O)N2CCOCC2c2ccn[nH]2)n1. The molecule has 3 heterocycles. The molecule has 7 heteroatoms. The predicted octanol–water partition coefficient (Wildman–Crippen LogP) is 1.60. The number of rotatable bonds is 5. The standard InChI is InChI=1S/C16H23N5O2/c1-12-10-13(2)21(19-12)7-3-4-16(22)20-8-9-23-11-15(20)14-5-6-17-18-14/h5-6,10,15H,3-4,7-9,11H2,1-2H3,(H,17,18). The van der Waals surface area contributed by atoms with E-state index >= 15 is 0 Å². The van der Waals surface area contributed by atoms with E-state index in [2.05, 4.69) is 21.4 Å². The third-order valence-electron chi connectivity index (χ3n) is 4.19. The molecule has 0 radical (unpaired) electrons. The van der Waals surface area contributed by atoms with Crippen molar-refractivity contribution in [1.29, 1.82) is 0 Å². The third-order valence-corrected chi connectivity index (χ3v) is 4.19. The Morgan fingerprint density at radius 2 is 2.35 bits per heavy atom. The molecule has 1 atom stereocenters. The molecule has 0 aliphatic carbocycles. The average Bonchev–Trinajstić information content (AvgIpc) is 3.17. The van der Waals surface area contributed by atoms with Gasteiger partial charge in [-0.25, -0.2) is 0 Å². The van der Waals surface area contributed by atoms with Crippen LogP contribution in [0.3, 0.4) is 0 Å². The van der Waals surface area contributed by atoms with E-state index in [9.17, 15) is 4.79 Å². The van der Waals surface area contributed by atoms with E-state index in [0.717, 1.165) is 30.0 Å². The second-order valence-corrected chi connectivity index (χ2v) is 5.94. The van der Waals surface area contributed by atoms with Crippen LogP contribution in [-0.2, 0) is 16.1 Å². The molecule has 0 bridgehead atoms. The van der Waals surface area contributed by atoms with E-state index in [0.29, 0.717) is 26.2 Å². The second kappa shape index (κ2) is 6.95. The summed E-state index contributed by atoms with van der Waals surface area (Å²) in [5, 5.41) is 11.4. The van der Waals surface area contributed by atoms with Gasteiger partial charge in [0.15, 0.2) is 0 Å². The van der Waals surface area contributed by atoms with E-state index in [-0.39, 0.29) is 11.9 Å². The van der Waals surface area contributed by atoms with Gasteiger partial charge in [0.1, 0.15) is 0 Å². The maximum Gasteiger partial charge on any atom is 0.223 e. The van der Waals surface area contributed by atoms with Crippen LogP contribution in [0.4, 0.5) is 0 Å². The Labute approximate surface area is 135 Å². The Morgan fingerprint density at radius 3 is 3.04 bits per heavy atom. The number of aryl methyl sites for hydroxylation is 3. The fourth-order valence-corrected chi connectivity index (χ4v) is 3.04. The molecule has 7 nitrogen and oxygen atoms in total. The molecule has 1 amide bonds. The Kier molecular flexibility index (Phi) is 4.76. The molecule has 1 unspecified atom stereocenters. The molecule has 1 aliphatic heterocycles. The van der Waals surface area contributed by atoms with Gasteiger partial charge in [0, 0.05) is 31.4 Å². The van der Waals surface area contributed by atoms with Crippen LogP contribution in [0.5, 0.6) is 0 Å². The van der Waals surface area contributed by atoms with Gasteiger partial charge in [-0.3, -0.25) is 14.6 Å². The highest BCUT2D eigenvalue weighted by Crippen LogP contribution is 2.23. The summed E-state index contributed by atoms with van der Waals surface area (Å²) in [6.45, 7) is 6.53. The molecule has 0 spiro atoms. The molecule has 0 aromatic carbocycles. The molecule has 124 valence electrons. The topological polar surface area (TPSA) is 76.0 Å². The Bertz CT molecular complexity index is 649. The number of carbonyl (C=O) groups excluding carboxylic acids is 1. The summed E-state index contributed by atoms with van der Waals surface area (Å²) in [5.74, 6) is 0.162. The van der Waals surface area contributed by atoms with Gasteiger partial charge in [-0.05, 0) is 32.4 Å². The van der Waals surface area contributed by atoms with Crippen LogP contribution in [0.25, 0.3) is 0 Å². The fourth-order valence-electron chi connectivity index (χ4n) is 3.04. The number of nitrogens with one attached hydrogen (secondary N) is 1. The number of ether oxygens (including phenoxy) is 1. The molecule has 1 aliphatic rings. The van der Waals surface area contributed by atoms with Crippen molar-refractivity contribution < 1.29 is 9.53 Å². The van der Waals surface area contributed by atoms with Gasteiger partial charge in [0.2, 0.25) is 5.91 Å². The lowest BCUT2D eigenvalue weighted by Crippen LogP contribution is -2.43. The number of aromatic nitrogens is 4. The van der Waals surface area contributed by atoms with Crippen molar-refractivity contribution in [2.45, 2.75) is 39.3 Å². The van der Waals surface area contributed by atoms with Gasteiger partial charge in [0.25, 0.3) is 0 Å². The minimum atomic E-state index is -0.0626. The maximum atomic E-state index is 12.6. The molecule has 0 saturated carbocycles. The Balaban J connectivity index is 1.57. The zero-order valence-electron chi connectivity index (χ0n) is 13.7. The number of aromatic amines is 1. The molecular weight excluding hydrogens is 294 g/mol. The first-order valence-corrected chi connectivity index (χ1v) is 8.02. The second-order valence-electron chi connectivity index (χ2n) is 5.94. The van der Waals surface area contributed by atoms with E-state index in [1.165, 1.54) is 0 Å². The van der Waals surface area contributed by atoms with Crippen LogP contribution in [0.1, 0.15) is 36.0 Å². The number of hydrogen-bond acceptors (Lipinski definition) is 4. The van der Waals surface area contributed by atoms with E-state index in [1.807, 2.05) is 29.5 Å². The predicted molar refractivity (Wildman–Crippen MR) is 84.8 cm³/mol.